The van der Waals surface area contributed by atoms with Crippen LogP contribution in [0.3, 0.4) is 0 Å². The molecule has 17 heavy (non-hydrogen) atoms. The Morgan fingerprint density at radius 3 is 3.00 bits per heavy atom. The number of para-hydroxylation sites is 1. The Kier molecular flexibility index (Phi) is 2.53. The van der Waals surface area contributed by atoms with Gasteiger partial charge in [-0.15, -0.1) is 0 Å². The number of thiazole rings is 1. The Morgan fingerprint density at radius 2 is 2.24 bits per heavy atom. The van der Waals surface area contributed by atoms with E-state index >= 15 is 0 Å². The van der Waals surface area contributed by atoms with Gasteiger partial charge >= 0.3 is 0 Å². The smallest absolute Gasteiger partial charge is 0.184 e. The highest BCUT2D eigenvalue weighted by Crippen LogP contribution is 2.28. The number of hydrogen-bond acceptors (Lipinski definition) is 4. The molecule has 0 spiro atoms. The van der Waals surface area contributed by atoms with Crippen LogP contribution in [0.5, 0.6) is 0 Å². The van der Waals surface area contributed by atoms with E-state index < -0.39 is 0 Å². The van der Waals surface area contributed by atoms with E-state index in [0.29, 0.717) is 0 Å². The van der Waals surface area contributed by atoms with Gasteiger partial charge in [-0.25, -0.2) is 4.98 Å². The largest absolute Gasteiger partial charge is 0.355 e. The molecular weight excluding hydrogens is 232 g/mol. The minimum atomic E-state index is 0.203. The maximum absolute atomic E-state index is 4.54. The van der Waals surface area contributed by atoms with E-state index in [-0.39, 0.29) is 6.04 Å². The first-order valence-corrected chi connectivity index (χ1v) is 6.25. The van der Waals surface area contributed by atoms with Gasteiger partial charge in [-0.1, -0.05) is 23.5 Å². The van der Waals surface area contributed by atoms with E-state index in [2.05, 4.69) is 33.5 Å². The fourth-order valence-electron chi connectivity index (χ4n) is 1.70. The van der Waals surface area contributed by atoms with Crippen molar-refractivity contribution in [2.24, 2.45) is 0 Å². The van der Waals surface area contributed by atoms with Crippen LogP contribution < -0.4 is 5.32 Å². The van der Waals surface area contributed by atoms with Crippen molar-refractivity contribution in [3.05, 3.63) is 42.2 Å². The number of hydrogen-bond donors (Lipinski definition) is 2. The Morgan fingerprint density at radius 1 is 1.35 bits per heavy atom. The number of aromatic amines is 1. The van der Waals surface area contributed by atoms with Crippen LogP contribution >= 0.6 is 11.3 Å². The lowest BCUT2D eigenvalue weighted by atomic mass is 10.2. The average molecular weight is 244 g/mol. The molecule has 3 rings (SSSR count). The second kappa shape index (κ2) is 4.18. The SMILES string of the molecule is CC(Nc1nc2ccccc2s1)c1cn[nH]c1. The van der Waals surface area contributed by atoms with Crippen LogP contribution in [0.25, 0.3) is 10.2 Å². The highest BCUT2D eigenvalue weighted by Gasteiger charge is 2.09. The summed E-state index contributed by atoms with van der Waals surface area (Å²) in [6, 6.07) is 8.35. The van der Waals surface area contributed by atoms with E-state index in [1.165, 1.54) is 4.70 Å². The lowest BCUT2D eigenvalue weighted by Gasteiger charge is -2.09. The minimum absolute atomic E-state index is 0.203. The molecule has 2 aromatic heterocycles. The molecule has 0 aliphatic rings. The summed E-state index contributed by atoms with van der Waals surface area (Å²) in [4.78, 5) is 4.54. The molecule has 4 nitrogen and oxygen atoms in total. The normalized spacial score (nSPS) is 12.8. The van der Waals surface area contributed by atoms with Gasteiger partial charge in [-0.05, 0) is 19.1 Å². The molecule has 0 radical (unpaired) electrons. The van der Waals surface area contributed by atoms with E-state index in [0.717, 1.165) is 16.2 Å². The van der Waals surface area contributed by atoms with Gasteiger partial charge in [0, 0.05) is 11.8 Å². The molecule has 0 saturated carbocycles. The quantitative estimate of drug-likeness (QED) is 0.744. The summed E-state index contributed by atoms with van der Waals surface area (Å²) >= 11 is 1.67. The third-order valence-corrected chi connectivity index (χ3v) is 3.62. The zero-order valence-electron chi connectivity index (χ0n) is 9.34. The number of fused-ring (bicyclic) bond motifs is 1. The van der Waals surface area contributed by atoms with Gasteiger partial charge < -0.3 is 5.32 Å². The van der Waals surface area contributed by atoms with Crippen molar-refractivity contribution >= 4 is 26.7 Å². The first kappa shape index (κ1) is 10.3. The van der Waals surface area contributed by atoms with E-state index in [1.54, 1.807) is 11.3 Å². The summed E-state index contributed by atoms with van der Waals surface area (Å²) in [5, 5.41) is 11.1. The first-order chi connectivity index (χ1) is 8.33. The average Bonchev–Trinajstić information content (AvgIpc) is 2.97. The molecule has 0 fully saturated rings. The fraction of sp³-hybridized carbons (Fsp3) is 0.167. The van der Waals surface area contributed by atoms with Crippen molar-refractivity contribution in [3.8, 4) is 0 Å². The summed E-state index contributed by atoms with van der Waals surface area (Å²) in [6.07, 6.45) is 3.72. The van der Waals surface area contributed by atoms with Gasteiger partial charge in [-0.2, -0.15) is 5.10 Å². The van der Waals surface area contributed by atoms with Crippen LogP contribution in [0.4, 0.5) is 5.13 Å². The number of aromatic nitrogens is 3. The zero-order valence-corrected chi connectivity index (χ0v) is 10.2. The second-order valence-corrected chi connectivity index (χ2v) is 4.92. The predicted molar refractivity (Wildman–Crippen MR) is 70.2 cm³/mol. The number of rotatable bonds is 3. The Labute approximate surface area is 103 Å². The van der Waals surface area contributed by atoms with Crippen LogP contribution in [0.15, 0.2) is 36.7 Å². The lowest BCUT2D eigenvalue weighted by molar-refractivity contribution is 0.884. The fourth-order valence-corrected chi connectivity index (χ4v) is 2.65. The molecule has 1 unspecified atom stereocenters. The molecule has 2 N–H and O–H groups in total. The van der Waals surface area contributed by atoms with Crippen LogP contribution in [-0.2, 0) is 0 Å². The predicted octanol–water partition coefficient (Wildman–Crippen LogP) is 3.19. The van der Waals surface area contributed by atoms with E-state index in [4.69, 9.17) is 0 Å². The Balaban J connectivity index is 1.85. The summed E-state index contributed by atoms with van der Waals surface area (Å²) in [7, 11) is 0. The van der Waals surface area contributed by atoms with Crippen LogP contribution in [-0.4, -0.2) is 15.2 Å². The van der Waals surface area contributed by atoms with Crippen molar-refractivity contribution in [1.29, 1.82) is 0 Å². The molecule has 5 heteroatoms. The third kappa shape index (κ3) is 2.01. The Bertz CT molecular complexity index is 581. The summed E-state index contributed by atoms with van der Waals surface area (Å²) in [5.74, 6) is 0. The van der Waals surface area contributed by atoms with Gasteiger partial charge in [0.25, 0.3) is 0 Å². The third-order valence-electron chi connectivity index (χ3n) is 2.65. The molecule has 3 aromatic rings. The highest BCUT2D eigenvalue weighted by molar-refractivity contribution is 7.22. The summed E-state index contributed by atoms with van der Waals surface area (Å²) in [6.45, 7) is 2.09. The number of nitrogens with zero attached hydrogens (tertiary/aromatic N) is 2. The molecule has 0 aliphatic carbocycles. The Hall–Kier alpha value is -1.88. The van der Waals surface area contributed by atoms with Gasteiger partial charge in [0.15, 0.2) is 5.13 Å². The minimum Gasteiger partial charge on any atom is -0.355 e. The molecule has 0 bridgehead atoms. The van der Waals surface area contributed by atoms with Crippen molar-refractivity contribution in [3.63, 3.8) is 0 Å². The molecule has 86 valence electrons. The van der Waals surface area contributed by atoms with Crippen LogP contribution in [0.1, 0.15) is 18.5 Å². The topological polar surface area (TPSA) is 53.6 Å². The van der Waals surface area contributed by atoms with Gasteiger partial charge in [0.1, 0.15) is 0 Å². The maximum Gasteiger partial charge on any atom is 0.184 e. The summed E-state index contributed by atoms with van der Waals surface area (Å²) < 4.78 is 1.20. The molecular formula is C12H12N4S. The number of nitrogens with one attached hydrogen (secondary N) is 2. The van der Waals surface area contributed by atoms with Crippen molar-refractivity contribution in [2.45, 2.75) is 13.0 Å². The highest BCUT2D eigenvalue weighted by atomic mass is 32.1. The van der Waals surface area contributed by atoms with Gasteiger partial charge in [-0.3, -0.25) is 5.10 Å². The van der Waals surface area contributed by atoms with Crippen molar-refractivity contribution < 1.29 is 0 Å². The van der Waals surface area contributed by atoms with Gasteiger partial charge in [0.05, 0.1) is 22.5 Å². The standard InChI is InChI=1S/C12H12N4S/c1-8(9-6-13-14-7-9)15-12-16-10-4-2-3-5-11(10)17-12/h2-8H,1H3,(H,13,14)(H,15,16). The monoisotopic (exact) mass is 244 g/mol. The van der Waals surface area contributed by atoms with E-state index in [1.807, 2.05) is 30.6 Å². The molecule has 0 amide bonds. The number of H-pyrrole nitrogens is 1. The van der Waals surface area contributed by atoms with Crippen LogP contribution in [0.2, 0.25) is 0 Å². The molecule has 0 saturated heterocycles. The zero-order chi connectivity index (χ0) is 11.7. The molecule has 2 heterocycles. The van der Waals surface area contributed by atoms with E-state index in [9.17, 15) is 0 Å². The maximum atomic E-state index is 4.54. The number of benzene rings is 1. The number of anilines is 1. The summed E-state index contributed by atoms with van der Waals surface area (Å²) in [5.41, 5.74) is 2.17. The lowest BCUT2D eigenvalue weighted by Crippen LogP contribution is -2.04. The van der Waals surface area contributed by atoms with Gasteiger partial charge in [0.2, 0.25) is 0 Å². The van der Waals surface area contributed by atoms with Crippen LogP contribution in [0, 0.1) is 0 Å². The van der Waals surface area contributed by atoms with Crippen molar-refractivity contribution in [1.82, 2.24) is 15.2 Å². The molecule has 1 aromatic carbocycles. The van der Waals surface area contributed by atoms with Crippen molar-refractivity contribution in [2.75, 3.05) is 5.32 Å². The first-order valence-electron chi connectivity index (χ1n) is 5.44. The second-order valence-electron chi connectivity index (χ2n) is 3.88. The molecule has 1 atom stereocenters. The molecule has 0 aliphatic heterocycles.